The Morgan fingerprint density at radius 1 is 1.25 bits per heavy atom. The fraction of sp³-hybridized carbons (Fsp3) is 0.450. The first-order valence-electron chi connectivity index (χ1n) is 9.46. The second kappa shape index (κ2) is 7.16. The molecule has 2 heterocycles. The highest BCUT2D eigenvalue weighted by Gasteiger charge is 2.32. The first-order valence-corrected chi connectivity index (χ1v) is 11.3. The van der Waals surface area contributed by atoms with Crippen molar-refractivity contribution in [1.82, 2.24) is 10.3 Å². The minimum Gasteiger partial charge on any atom is -0.449 e. The monoisotopic (exact) mass is 402 g/mol. The molecule has 0 saturated carbocycles. The van der Waals surface area contributed by atoms with Crippen LogP contribution in [-0.2, 0) is 32.2 Å². The number of nitrogens with one attached hydrogen (secondary N) is 1. The molecule has 1 amide bonds. The van der Waals surface area contributed by atoms with Gasteiger partial charge in [-0.15, -0.1) is 0 Å². The number of pyridine rings is 1. The molecule has 0 unspecified atom stereocenters. The number of carbonyl (C=O) groups is 2. The first kappa shape index (κ1) is 18.9. The van der Waals surface area contributed by atoms with Gasteiger partial charge in [-0.05, 0) is 44.2 Å². The van der Waals surface area contributed by atoms with E-state index in [1.807, 2.05) is 24.3 Å². The van der Waals surface area contributed by atoms with Crippen LogP contribution in [0, 0.1) is 0 Å². The molecule has 2 aliphatic rings. The number of esters is 1. The Kier molecular flexibility index (Phi) is 4.82. The lowest BCUT2D eigenvalue weighted by atomic mass is 10.0. The van der Waals surface area contributed by atoms with Crippen LogP contribution in [0.3, 0.4) is 0 Å². The Morgan fingerprint density at radius 3 is 2.79 bits per heavy atom. The first-order chi connectivity index (χ1) is 13.3. The van der Waals surface area contributed by atoms with Crippen molar-refractivity contribution in [3.05, 3.63) is 41.1 Å². The lowest BCUT2D eigenvalue weighted by molar-refractivity contribution is -0.129. The third-order valence-electron chi connectivity index (χ3n) is 5.36. The summed E-state index contributed by atoms with van der Waals surface area (Å²) in [6.45, 7) is 1.50. The quantitative estimate of drug-likeness (QED) is 0.779. The molecule has 8 heteroatoms. The second-order valence-electron chi connectivity index (χ2n) is 7.44. The third-order valence-corrected chi connectivity index (χ3v) is 7.12. The van der Waals surface area contributed by atoms with E-state index >= 15 is 0 Å². The van der Waals surface area contributed by atoms with Crippen molar-refractivity contribution in [2.45, 2.75) is 44.8 Å². The average Bonchev–Trinajstić information content (AvgIpc) is 3.24. The number of carbonyl (C=O) groups excluding carboxylic acids is 2. The van der Waals surface area contributed by atoms with Crippen LogP contribution in [0.25, 0.3) is 10.9 Å². The fourth-order valence-corrected chi connectivity index (χ4v) is 5.62. The number of nitrogens with zero attached hydrogens (tertiary/aromatic N) is 1. The summed E-state index contributed by atoms with van der Waals surface area (Å²) in [7, 11) is -3.09. The smallest absolute Gasteiger partial charge is 0.339 e. The molecule has 4 rings (SSSR count). The van der Waals surface area contributed by atoms with Crippen LogP contribution in [0.1, 0.15) is 41.4 Å². The molecule has 1 fully saturated rings. The number of rotatable bonds is 4. The zero-order valence-electron chi connectivity index (χ0n) is 15.6. The molecule has 148 valence electrons. The largest absolute Gasteiger partial charge is 0.449 e. The van der Waals surface area contributed by atoms with Gasteiger partial charge in [-0.25, -0.2) is 13.2 Å². The molecule has 0 bridgehead atoms. The summed E-state index contributed by atoms with van der Waals surface area (Å²) in [4.78, 5) is 30.0. The van der Waals surface area contributed by atoms with E-state index in [2.05, 4.69) is 10.3 Å². The van der Waals surface area contributed by atoms with E-state index in [4.69, 9.17) is 4.74 Å². The van der Waals surface area contributed by atoms with Crippen molar-refractivity contribution >= 4 is 32.6 Å². The normalized spacial score (nSPS) is 21.2. The van der Waals surface area contributed by atoms with Gasteiger partial charge < -0.3 is 10.1 Å². The number of fused-ring (bicyclic) bond motifs is 2. The van der Waals surface area contributed by atoms with Gasteiger partial charge in [0.1, 0.15) is 0 Å². The molecule has 7 nitrogen and oxygen atoms in total. The molecule has 1 aromatic carbocycles. The highest BCUT2D eigenvalue weighted by Crippen LogP contribution is 2.30. The number of amides is 1. The van der Waals surface area contributed by atoms with Gasteiger partial charge >= 0.3 is 5.97 Å². The lowest BCUT2D eigenvalue weighted by Gasteiger charge is -2.18. The molecule has 2 atom stereocenters. The summed E-state index contributed by atoms with van der Waals surface area (Å²) in [5.74, 6) is -1.02. The van der Waals surface area contributed by atoms with Gasteiger partial charge in [-0.1, -0.05) is 18.2 Å². The topological polar surface area (TPSA) is 102 Å². The predicted octanol–water partition coefficient (Wildman–Crippen LogP) is 1.57. The Hall–Kier alpha value is -2.48. The van der Waals surface area contributed by atoms with Crippen LogP contribution in [0.2, 0.25) is 0 Å². The predicted molar refractivity (Wildman–Crippen MR) is 104 cm³/mol. The molecular weight excluding hydrogens is 380 g/mol. The van der Waals surface area contributed by atoms with Gasteiger partial charge in [-0.2, -0.15) is 0 Å². The fourth-order valence-electron chi connectivity index (χ4n) is 3.94. The summed E-state index contributed by atoms with van der Waals surface area (Å²) in [5.41, 5.74) is 3.04. The number of hydrogen-bond acceptors (Lipinski definition) is 6. The van der Waals surface area contributed by atoms with Crippen molar-refractivity contribution in [3.63, 3.8) is 0 Å². The lowest BCUT2D eigenvalue weighted by Crippen LogP contribution is -2.42. The van der Waals surface area contributed by atoms with E-state index in [1.165, 1.54) is 6.92 Å². The van der Waals surface area contributed by atoms with Crippen LogP contribution < -0.4 is 5.32 Å². The molecule has 28 heavy (non-hydrogen) atoms. The highest BCUT2D eigenvalue weighted by atomic mass is 32.2. The number of aromatic nitrogens is 1. The van der Waals surface area contributed by atoms with Crippen LogP contribution in [0.5, 0.6) is 0 Å². The molecule has 1 aliphatic carbocycles. The van der Waals surface area contributed by atoms with Gasteiger partial charge in [0.25, 0.3) is 5.91 Å². The maximum absolute atomic E-state index is 12.9. The molecule has 0 radical (unpaired) electrons. The Bertz CT molecular complexity index is 1060. The number of para-hydroxylation sites is 1. The van der Waals surface area contributed by atoms with Crippen LogP contribution in [-0.4, -0.2) is 48.9 Å². The van der Waals surface area contributed by atoms with E-state index < -0.39 is 33.9 Å². The summed E-state index contributed by atoms with van der Waals surface area (Å²) in [6, 6.07) is 6.99. The highest BCUT2D eigenvalue weighted by molar-refractivity contribution is 7.91. The van der Waals surface area contributed by atoms with Crippen LogP contribution in [0.15, 0.2) is 24.3 Å². The van der Waals surface area contributed by atoms with E-state index in [0.29, 0.717) is 12.0 Å². The zero-order valence-corrected chi connectivity index (χ0v) is 16.4. The minimum absolute atomic E-state index is 0.0676. The Balaban J connectivity index is 1.53. The molecular formula is C20H22N2O5S. The third kappa shape index (κ3) is 3.61. The van der Waals surface area contributed by atoms with Gasteiger partial charge in [0.05, 0.1) is 22.6 Å². The second-order valence-corrected chi connectivity index (χ2v) is 9.67. The number of aryl methyl sites for hydroxylation is 1. The molecule has 1 saturated heterocycles. The van der Waals surface area contributed by atoms with Crippen molar-refractivity contribution in [2.24, 2.45) is 0 Å². The van der Waals surface area contributed by atoms with Gasteiger partial charge in [-0.3, -0.25) is 9.78 Å². The maximum atomic E-state index is 12.9. The SMILES string of the molecule is C[C@H](OC(=O)c1c2c(nc3ccccc13)CCC2)C(=O)N[C@H]1CCS(=O)(=O)C1. The van der Waals surface area contributed by atoms with Gasteiger partial charge in [0.2, 0.25) is 0 Å². The summed E-state index contributed by atoms with van der Waals surface area (Å²) in [5, 5.41) is 3.40. The average molecular weight is 402 g/mol. The van der Waals surface area contributed by atoms with E-state index in [9.17, 15) is 18.0 Å². The van der Waals surface area contributed by atoms with Crippen molar-refractivity contribution in [1.29, 1.82) is 0 Å². The molecule has 2 aromatic rings. The van der Waals surface area contributed by atoms with E-state index in [0.717, 1.165) is 41.4 Å². The molecule has 0 spiro atoms. The van der Waals surface area contributed by atoms with Gasteiger partial charge in [0, 0.05) is 17.1 Å². The number of ether oxygens (including phenoxy) is 1. The van der Waals surface area contributed by atoms with Crippen molar-refractivity contribution < 1.29 is 22.7 Å². The minimum atomic E-state index is -3.09. The maximum Gasteiger partial charge on any atom is 0.339 e. The number of benzene rings is 1. The van der Waals surface area contributed by atoms with Crippen molar-refractivity contribution in [2.75, 3.05) is 11.5 Å². The molecule has 1 aliphatic heterocycles. The van der Waals surface area contributed by atoms with Crippen LogP contribution >= 0.6 is 0 Å². The Labute approximate surface area is 163 Å². The summed E-state index contributed by atoms with van der Waals surface area (Å²) >= 11 is 0. The van der Waals surface area contributed by atoms with Gasteiger partial charge in [0.15, 0.2) is 15.9 Å². The standard InChI is InChI=1S/C20H22N2O5S/c1-12(19(23)21-13-9-10-28(25,26)11-13)27-20(24)18-14-5-2-3-7-16(14)22-17-8-4-6-15(17)18/h2-3,5,7,12-13H,4,6,8-11H2,1H3,(H,21,23)/t12-,13-/m0/s1. The Morgan fingerprint density at radius 2 is 2.04 bits per heavy atom. The van der Waals surface area contributed by atoms with E-state index in [-0.39, 0.29) is 11.5 Å². The van der Waals surface area contributed by atoms with E-state index in [1.54, 1.807) is 0 Å². The summed E-state index contributed by atoms with van der Waals surface area (Å²) in [6.07, 6.45) is 1.90. The number of sulfone groups is 1. The molecule has 1 aromatic heterocycles. The van der Waals surface area contributed by atoms with Crippen LogP contribution in [0.4, 0.5) is 0 Å². The zero-order chi connectivity index (χ0) is 19.9. The number of hydrogen-bond donors (Lipinski definition) is 1. The summed E-state index contributed by atoms with van der Waals surface area (Å²) < 4.78 is 28.6. The molecule has 1 N–H and O–H groups in total. The van der Waals surface area contributed by atoms with Crippen molar-refractivity contribution in [3.8, 4) is 0 Å².